The van der Waals surface area contributed by atoms with Crippen molar-refractivity contribution in [2.75, 3.05) is 133 Å². The standard InChI is InChI=1S/C71H88ClF3N10O8S3/c1-3-8-65(68(89)77-49-86)85(50-87)69(90)61-11-7-12-63(51(61)2)76-29-34-80-30-24-52(25-31-80)45-83-33-28-70(48-83)27-23-62(53-13-17-56(72)18-14-53)55(44-70)46-82-35-37-84(38-36-82)58-19-15-54(16-20-58)67(88)79-95-60-21-22-64(66(43-60)96(91,92)71(73,74)75)78-57(26-32-81-39-41-93-42-40-81)47-94-59-9-5-4-6-10-59/h4-7,9-22,43,49-50,52,57,65,76,78H,3,8,23-42,44-48H2,1-2H3,(H,79,88)(H,77,86,89). The zero-order chi connectivity index (χ0) is 67.8. The van der Waals surface area contributed by atoms with Gasteiger partial charge < -0.3 is 30.1 Å². The van der Waals surface area contributed by atoms with Gasteiger partial charge in [0, 0.05) is 128 Å². The number of amides is 5. The van der Waals surface area contributed by atoms with Crippen LogP contribution in [0.1, 0.15) is 96.6 Å². The molecule has 0 bridgehead atoms. The number of piperazine rings is 1. The number of piperidine rings is 1. The Bertz CT molecular complexity index is 3610. The van der Waals surface area contributed by atoms with Gasteiger partial charge in [-0.05, 0) is 197 Å². The van der Waals surface area contributed by atoms with Gasteiger partial charge in [-0.25, -0.2) is 8.42 Å². The van der Waals surface area contributed by atoms with Crippen LogP contribution in [-0.2, 0) is 29.0 Å². The summed E-state index contributed by atoms with van der Waals surface area (Å²) < 4.78 is 77.6. The van der Waals surface area contributed by atoms with Crippen molar-refractivity contribution < 1.29 is 50.3 Å². The highest BCUT2D eigenvalue weighted by atomic mass is 35.5. The number of alkyl halides is 3. The largest absolute Gasteiger partial charge is 0.501 e. The van der Waals surface area contributed by atoms with E-state index in [2.05, 4.69) is 57.3 Å². The van der Waals surface area contributed by atoms with Crippen molar-refractivity contribution in [1.82, 2.24) is 34.5 Å². The number of sulfone groups is 1. The number of nitrogens with zero attached hydrogens (tertiary/aromatic N) is 6. The molecular formula is C71H88ClF3N10O8S3. The minimum Gasteiger partial charge on any atom is -0.384 e. The van der Waals surface area contributed by atoms with E-state index in [1.54, 1.807) is 24.3 Å². The van der Waals surface area contributed by atoms with Crippen LogP contribution in [-0.4, -0.2) is 198 Å². The Kier molecular flexibility index (Phi) is 25.5. The zero-order valence-corrected chi connectivity index (χ0v) is 57.8. The third-order valence-corrected chi connectivity index (χ3v) is 23.2. The summed E-state index contributed by atoms with van der Waals surface area (Å²) in [6.45, 7) is 18.0. The molecule has 18 nitrogen and oxygen atoms in total. The summed E-state index contributed by atoms with van der Waals surface area (Å²) in [7, 11) is -5.80. The predicted molar refractivity (Wildman–Crippen MR) is 374 cm³/mol. The number of ether oxygens (including phenoxy) is 1. The molecule has 1 spiro atoms. The van der Waals surface area contributed by atoms with Gasteiger partial charge in [-0.2, -0.15) is 13.2 Å². The molecule has 4 aliphatic heterocycles. The Hall–Kier alpha value is -6.48. The molecule has 96 heavy (non-hydrogen) atoms. The fourth-order valence-electron chi connectivity index (χ4n) is 14.0. The fourth-order valence-corrected chi connectivity index (χ4v) is 16.8. The molecule has 516 valence electrons. The molecule has 0 aromatic heterocycles. The molecule has 4 saturated heterocycles. The number of thioether (sulfide) groups is 1. The molecule has 3 unspecified atom stereocenters. The van der Waals surface area contributed by atoms with Crippen molar-refractivity contribution in [2.24, 2.45) is 11.3 Å². The van der Waals surface area contributed by atoms with Crippen LogP contribution in [0.25, 0.3) is 5.57 Å². The average molecular weight is 1400 g/mol. The number of imide groups is 2. The normalized spacial score (nSPS) is 19.4. The average Bonchev–Trinajstić information content (AvgIpc) is 1.18. The molecule has 5 aromatic rings. The van der Waals surface area contributed by atoms with Crippen LogP contribution in [0.5, 0.6) is 0 Å². The summed E-state index contributed by atoms with van der Waals surface area (Å²) in [5.74, 6) is -0.679. The van der Waals surface area contributed by atoms with Crippen molar-refractivity contribution in [2.45, 2.75) is 104 Å². The number of anilines is 3. The molecule has 0 radical (unpaired) electrons. The monoisotopic (exact) mass is 1400 g/mol. The summed E-state index contributed by atoms with van der Waals surface area (Å²) in [4.78, 5) is 76.4. The first-order chi connectivity index (χ1) is 46.3. The number of rotatable bonds is 29. The number of morpholine rings is 1. The van der Waals surface area contributed by atoms with E-state index in [9.17, 15) is 45.6 Å². The van der Waals surface area contributed by atoms with Gasteiger partial charge in [-0.15, -0.1) is 11.8 Å². The quantitative estimate of drug-likeness (QED) is 0.0200. The van der Waals surface area contributed by atoms with Crippen molar-refractivity contribution in [3.63, 3.8) is 0 Å². The minimum absolute atomic E-state index is 0.124. The molecule has 3 atom stereocenters. The van der Waals surface area contributed by atoms with E-state index < -0.39 is 44.0 Å². The van der Waals surface area contributed by atoms with Crippen molar-refractivity contribution >= 4 is 98.3 Å². The Morgan fingerprint density at radius 3 is 2.22 bits per heavy atom. The van der Waals surface area contributed by atoms with E-state index >= 15 is 0 Å². The first-order valence-corrected chi connectivity index (χ1v) is 37.0. The zero-order valence-electron chi connectivity index (χ0n) is 54.6. The maximum atomic E-state index is 14.3. The molecular weight excluding hydrogens is 1310 g/mol. The number of hydrogen-bond donors (Lipinski definition) is 4. The number of halogens is 4. The number of carbonyl (C=O) groups is 5. The lowest BCUT2D eigenvalue weighted by molar-refractivity contribution is -0.133. The first-order valence-electron chi connectivity index (χ1n) is 33.3. The SMILES string of the molecule is CCCC(C(=O)NC=O)N(C=O)C(=O)c1cccc(NCCN2CCC(CN3CCC4(CCC(c5ccc(Cl)cc5)=C(CN5CCN(c6ccc(C(=O)NSc7ccc(NC(CCN8CCOCC8)CSc8ccccc8)c(S(=O)(=O)C(F)(F)F)c7)cc6)CC5)C4)C3)CC2)c1C. The topological polar surface area (TPSA) is 196 Å². The van der Waals surface area contributed by atoms with Gasteiger partial charge in [0.15, 0.2) is 0 Å². The highest BCUT2D eigenvalue weighted by Gasteiger charge is 2.48. The van der Waals surface area contributed by atoms with Gasteiger partial charge in [0.25, 0.3) is 21.7 Å². The second kappa shape index (κ2) is 33.9. The van der Waals surface area contributed by atoms with E-state index in [0.29, 0.717) is 73.9 Å². The first kappa shape index (κ1) is 72.3. The number of nitrogens with one attached hydrogen (secondary N) is 4. The number of carbonyl (C=O) groups excluding carboxylic acids is 5. The summed E-state index contributed by atoms with van der Waals surface area (Å²) in [5.41, 5.74) is 1.77. The highest BCUT2D eigenvalue weighted by Crippen LogP contribution is 2.49. The van der Waals surface area contributed by atoms with Gasteiger partial charge >= 0.3 is 5.51 Å². The van der Waals surface area contributed by atoms with Gasteiger partial charge in [-0.1, -0.05) is 66.9 Å². The van der Waals surface area contributed by atoms with E-state index in [1.165, 1.54) is 47.0 Å². The maximum absolute atomic E-state index is 14.3. The van der Waals surface area contributed by atoms with Crippen molar-refractivity contribution in [3.8, 4) is 0 Å². The molecule has 4 heterocycles. The van der Waals surface area contributed by atoms with Crippen molar-refractivity contribution in [1.29, 1.82) is 0 Å². The third kappa shape index (κ3) is 18.8. The van der Waals surface area contributed by atoms with Gasteiger partial charge in [0.1, 0.15) is 10.9 Å². The Morgan fingerprint density at radius 1 is 0.792 bits per heavy atom. The molecule has 5 aliphatic rings. The lowest BCUT2D eigenvalue weighted by Gasteiger charge is -2.41. The molecule has 5 aromatic carbocycles. The van der Waals surface area contributed by atoms with E-state index in [4.69, 9.17) is 16.3 Å². The Morgan fingerprint density at radius 2 is 1.52 bits per heavy atom. The predicted octanol–water partition coefficient (Wildman–Crippen LogP) is 11.0. The second-order valence-electron chi connectivity index (χ2n) is 25.8. The lowest BCUT2D eigenvalue weighted by Crippen LogP contribution is -2.48. The Labute approximate surface area is 575 Å². The summed E-state index contributed by atoms with van der Waals surface area (Å²) in [6.07, 6.45) is 8.57. The molecule has 5 amide bonds. The third-order valence-electron chi connectivity index (χ3n) is 19.5. The number of hydrogen-bond acceptors (Lipinski definition) is 17. The molecule has 0 saturated carbocycles. The Balaban J connectivity index is 0.697. The maximum Gasteiger partial charge on any atom is 0.501 e. The van der Waals surface area contributed by atoms with Gasteiger partial charge in [-0.3, -0.25) is 48.7 Å². The van der Waals surface area contributed by atoms with Gasteiger partial charge in [0.2, 0.25) is 18.7 Å². The van der Waals surface area contributed by atoms with E-state index in [-0.39, 0.29) is 34.9 Å². The number of likely N-dealkylation sites (tertiary alicyclic amines) is 2. The van der Waals surface area contributed by atoms with Crippen LogP contribution in [0.4, 0.5) is 30.2 Å². The molecule has 10 rings (SSSR count). The number of benzene rings is 5. The fraction of sp³-hybridized carbons (Fsp3) is 0.479. The van der Waals surface area contributed by atoms with Gasteiger partial charge in [0.05, 0.1) is 18.9 Å². The van der Waals surface area contributed by atoms with Crippen LogP contribution in [0.3, 0.4) is 0 Å². The summed E-state index contributed by atoms with van der Waals surface area (Å²) >= 11 is 8.71. The smallest absolute Gasteiger partial charge is 0.384 e. The second-order valence-corrected chi connectivity index (χ2v) is 30.2. The van der Waals surface area contributed by atoms with Crippen LogP contribution in [0, 0.1) is 18.3 Å². The van der Waals surface area contributed by atoms with Crippen LogP contribution >= 0.6 is 35.3 Å². The number of allylic oxidation sites excluding steroid dienone is 1. The minimum atomic E-state index is -5.80. The van der Waals surface area contributed by atoms with Crippen LogP contribution < -0.4 is 25.6 Å². The molecule has 1 aliphatic carbocycles. The van der Waals surface area contributed by atoms with E-state index in [0.717, 1.165) is 161 Å². The van der Waals surface area contributed by atoms with E-state index in [1.807, 2.05) is 74.5 Å². The van der Waals surface area contributed by atoms with Crippen LogP contribution in [0.15, 0.2) is 136 Å². The van der Waals surface area contributed by atoms with Crippen LogP contribution in [0.2, 0.25) is 5.02 Å². The lowest BCUT2D eigenvalue weighted by atomic mass is 9.69. The summed E-state index contributed by atoms with van der Waals surface area (Å²) in [6, 6.07) is 32.9. The highest BCUT2D eigenvalue weighted by molar-refractivity contribution is 7.99. The molecule has 4 fully saturated rings. The summed E-state index contributed by atoms with van der Waals surface area (Å²) in [5, 5.41) is 9.48. The molecule has 4 N–H and O–H groups in total. The molecule has 25 heteroatoms. The van der Waals surface area contributed by atoms with Crippen molar-refractivity contribution in [3.05, 3.63) is 148 Å².